The predicted octanol–water partition coefficient (Wildman–Crippen LogP) is 7.97. The van der Waals surface area contributed by atoms with Crippen LogP contribution < -0.4 is 21.3 Å². The third kappa shape index (κ3) is 6.44. The first-order valence-electron chi connectivity index (χ1n) is 15.9. The third-order valence-electron chi connectivity index (χ3n) is 8.34. The highest BCUT2D eigenvalue weighted by atomic mass is 32.4. The zero-order valence-electron chi connectivity index (χ0n) is 26.3. The van der Waals surface area contributed by atoms with Crippen LogP contribution in [-0.4, -0.2) is 23.1 Å². The lowest BCUT2D eigenvalue weighted by Crippen LogP contribution is -2.65. The molecule has 0 unspecified atom stereocenters. The molecule has 0 aliphatic heterocycles. The number of rotatable bonds is 9. The largest absolute Gasteiger partial charge is 0.377 e. The molecule has 48 heavy (non-hydrogen) atoms. The van der Waals surface area contributed by atoms with Gasteiger partial charge in [0.2, 0.25) is 7.22 Å². The Labute approximate surface area is 286 Å². The maximum Gasteiger partial charge on any atom is 0.218 e. The second kappa shape index (κ2) is 14.4. The lowest BCUT2D eigenvalue weighted by Gasteiger charge is -2.32. The molecule has 6 heteroatoms. The van der Waals surface area contributed by atoms with E-state index >= 15 is 0 Å². The Morgan fingerprint density at radius 1 is 0.562 bits per heavy atom. The summed E-state index contributed by atoms with van der Waals surface area (Å²) in [5.41, 5.74) is 12.9. The van der Waals surface area contributed by atoms with Crippen LogP contribution in [0.25, 0.3) is 28.2 Å². The molecule has 0 saturated heterocycles. The molecule has 0 aliphatic carbocycles. The molecule has 6 aromatic carbocycles. The molecule has 0 fully saturated rings. The molecule has 4 nitrogen and oxygen atoms in total. The highest BCUT2D eigenvalue weighted by molar-refractivity contribution is 8.42. The van der Waals surface area contributed by atoms with Crippen molar-refractivity contribution >= 4 is 61.9 Å². The van der Waals surface area contributed by atoms with Gasteiger partial charge in [-0.2, -0.15) is 0 Å². The normalized spacial score (nSPS) is 12.5. The molecule has 7 aromatic rings. The minimum absolute atomic E-state index is 0.414. The van der Waals surface area contributed by atoms with Gasteiger partial charge in [-0.1, -0.05) is 181 Å². The van der Waals surface area contributed by atoms with E-state index in [9.17, 15) is 0 Å². The van der Waals surface area contributed by atoms with E-state index in [4.69, 9.17) is 15.9 Å². The predicted molar refractivity (Wildman–Crippen MR) is 209 cm³/mol. The van der Waals surface area contributed by atoms with Gasteiger partial charge in [0.15, 0.2) is 5.17 Å². The van der Waals surface area contributed by atoms with Gasteiger partial charge in [-0.05, 0) is 39.3 Å². The molecule has 0 amide bonds. The molecule has 1 aromatic heterocycles. The summed E-state index contributed by atoms with van der Waals surface area (Å²) in [5, 5.41) is 14.8. The number of hydrogen-bond acceptors (Lipinski definition) is 3. The third-order valence-corrected chi connectivity index (χ3v) is 16.0. The van der Waals surface area contributed by atoms with Crippen molar-refractivity contribution in [3.8, 4) is 11.3 Å². The molecular weight excluding hydrogens is 621 g/mol. The summed E-state index contributed by atoms with van der Waals surface area (Å²) < 4.78 is 0. The second-order valence-electron chi connectivity index (χ2n) is 11.3. The number of amidine groups is 1. The zero-order chi connectivity index (χ0) is 32.6. The summed E-state index contributed by atoms with van der Waals surface area (Å²) >= 11 is 1.64. The number of allylic oxidation sites excluding steroid dienone is 1. The van der Waals surface area contributed by atoms with Gasteiger partial charge in [-0.3, -0.25) is 0 Å². The summed E-state index contributed by atoms with van der Waals surface area (Å²) in [6, 6.07) is 60.9. The van der Waals surface area contributed by atoms with E-state index in [-0.39, 0.29) is 0 Å². The van der Waals surface area contributed by atoms with Crippen LogP contribution in [0.2, 0.25) is 0 Å². The average Bonchev–Trinajstić information content (AvgIpc) is 3.54. The average molecular weight is 655 g/mol. The maximum absolute atomic E-state index is 6.87. The summed E-state index contributed by atoms with van der Waals surface area (Å²) in [7, 11) is -2.71. The number of H-pyrrole nitrogens is 1. The number of aromatic amines is 1. The van der Waals surface area contributed by atoms with Crippen LogP contribution >= 0.6 is 11.2 Å². The standard InChI is InChI=1S/C42H34N4SSi/c43-42(47-48(34-22-10-3-11-23-34,35-24-12-4-13-25-35)36-26-14-5-15-27-36)46-45-39(32-18-6-1-7-19-32)31-30-38-37-28-16-17-29-40(37)44-41(38)33-20-8-2-9-21-33/h1-31,44H,(H2,43,46)/b31-30+,45-39-. The van der Waals surface area contributed by atoms with Crippen LogP contribution in [0, 0.1) is 0 Å². The molecule has 232 valence electrons. The Hall–Kier alpha value is -5.69. The van der Waals surface area contributed by atoms with Crippen molar-refractivity contribution in [1.82, 2.24) is 4.98 Å². The Balaban J connectivity index is 1.33. The first-order chi connectivity index (χ1) is 23.7. The lowest BCUT2D eigenvalue weighted by atomic mass is 10.0. The summed E-state index contributed by atoms with van der Waals surface area (Å²) in [6.07, 6.45) is 4.16. The van der Waals surface area contributed by atoms with Crippen LogP contribution in [0.1, 0.15) is 11.1 Å². The smallest absolute Gasteiger partial charge is 0.218 e. The van der Waals surface area contributed by atoms with Crippen LogP contribution in [0.3, 0.4) is 0 Å². The molecule has 0 radical (unpaired) electrons. The van der Waals surface area contributed by atoms with Crippen LogP contribution in [-0.2, 0) is 0 Å². The molecule has 0 aliphatic rings. The van der Waals surface area contributed by atoms with E-state index in [1.54, 1.807) is 11.2 Å². The van der Waals surface area contributed by atoms with Crippen LogP contribution in [0.15, 0.2) is 192 Å². The number of para-hydroxylation sites is 1. The first kappa shape index (κ1) is 30.9. The van der Waals surface area contributed by atoms with Crippen molar-refractivity contribution in [3.63, 3.8) is 0 Å². The van der Waals surface area contributed by atoms with E-state index in [0.717, 1.165) is 39.0 Å². The number of nitrogens with one attached hydrogen (secondary N) is 1. The number of aromatic nitrogens is 1. The molecular formula is C42H34N4SSi. The van der Waals surface area contributed by atoms with Crippen molar-refractivity contribution in [2.75, 3.05) is 0 Å². The Morgan fingerprint density at radius 3 is 1.60 bits per heavy atom. The molecule has 3 N–H and O–H groups in total. The van der Waals surface area contributed by atoms with Gasteiger partial charge in [0, 0.05) is 22.0 Å². The number of benzene rings is 6. The minimum Gasteiger partial charge on any atom is -0.377 e. The fraction of sp³-hybridized carbons (Fsp3) is 0. The molecule has 0 saturated carbocycles. The lowest BCUT2D eigenvalue weighted by molar-refractivity contribution is 1.24. The Kier molecular flexibility index (Phi) is 9.27. The van der Waals surface area contributed by atoms with Crippen molar-refractivity contribution in [2.45, 2.75) is 0 Å². The maximum atomic E-state index is 6.87. The first-order valence-corrected chi connectivity index (χ1v) is 19.4. The molecule has 1 heterocycles. The van der Waals surface area contributed by atoms with E-state index in [1.165, 1.54) is 15.6 Å². The highest BCUT2D eigenvalue weighted by Crippen LogP contribution is 2.31. The summed E-state index contributed by atoms with van der Waals surface area (Å²) in [4.78, 5) is 3.63. The van der Waals surface area contributed by atoms with Gasteiger partial charge >= 0.3 is 0 Å². The molecule has 0 atom stereocenters. The van der Waals surface area contributed by atoms with E-state index < -0.39 is 7.22 Å². The molecule has 7 rings (SSSR count). The van der Waals surface area contributed by atoms with E-state index in [2.05, 4.69) is 151 Å². The molecule has 0 bridgehead atoms. The monoisotopic (exact) mass is 654 g/mol. The second-order valence-corrected chi connectivity index (χ2v) is 17.5. The fourth-order valence-electron chi connectivity index (χ4n) is 6.10. The minimum atomic E-state index is -2.71. The van der Waals surface area contributed by atoms with E-state index in [0.29, 0.717) is 5.17 Å². The molecule has 0 spiro atoms. The van der Waals surface area contributed by atoms with Crippen molar-refractivity contribution in [2.24, 2.45) is 15.9 Å². The van der Waals surface area contributed by atoms with Crippen molar-refractivity contribution < 1.29 is 0 Å². The van der Waals surface area contributed by atoms with Gasteiger partial charge in [0.1, 0.15) is 0 Å². The van der Waals surface area contributed by atoms with Gasteiger partial charge in [0.25, 0.3) is 0 Å². The topological polar surface area (TPSA) is 66.5 Å². The number of hydrogen-bond donors (Lipinski definition) is 2. The number of nitrogens with two attached hydrogens (primary N) is 1. The van der Waals surface area contributed by atoms with Gasteiger partial charge in [0.05, 0.1) is 11.4 Å². The summed E-state index contributed by atoms with van der Waals surface area (Å²) in [6.45, 7) is 0. The highest BCUT2D eigenvalue weighted by Gasteiger charge is 2.41. The summed E-state index contributed by atoms with van der Waals surface area (Å²) in [5.74, 6) is 0. The Bertz CT molecular complexity index is 2100. The quantitative estimate of drug-likeness (QED) is 0.0545. The van der Waals surface area contributed by atoms with Crippen molar-refractivity contribution in [1.29, 1.82) is 0 Å². The fourth-order valence-corrected chi connectivity index (χ4v) is 13.2. The zero-order valence-corrected chi connectivity index (χ0v) is 28.1. The van der Waals surface area contributed by atoms with Gasteiger partial charge in [-0.25, -0.2) is 0 Å². The van der Waals surface area contributed by atoms with Crippen LogP contribution in [0.5, 0.6) is 0 Å². The van der Waals surface area contributed by atoms with Crippen molar-refractivity contribution in [3.05, 3.63) is 193 Å². The Morgan fingerprint density at radius 2 is 1.04 bits per heavy atom. The SMILES string of the molecule is N\C(=N/N=C(/C=C/c1c(-c2ccccc2)[nH]c2ccccc12)c1ccccc1)S[Si](c1ccccc1)(c1ccccc1)c1ccccc1. The number of nitrogens with zero attached hydrogens (tertiary/aromatic N) is 2. The number of fused-ring (bicyclic) bond motifs is 1. The van der Waals surface area contributed by atoms with Crippen LogP contribution in [0.4, 0.5) is 0 Å². The van der Waals surface area contributed by atoms with E-state index in [1.807, 2.05) is 42.5 Å². The van der Waals surface area contributed by atoms with Gasteiger partial charge in [-0.15, -0.1) is 10.2 Å². The van der Waals surface area contributed by atoms with Gasteiger partial charge < -0.3 is 10.7 Å².